The van der Waals surface area contributed by atoms with Gasteiger partial charge in [0, 0.05) is 30.0 Å². The highest BCUT2D eigenvalue weighted by Crippen LogP contribution is 2.24. The fourth-order valence-corrected chi connectivity index (χ4v) is 3.11. The van der Waals surface area contributed by atoms with E-state index in [1.54, 1.807) is 29.2 Å². The van der Waals surface area contributed by atoms with Gasteiger partial charge in [0.15, 0.2) is 5.78 Å². The third-order valence-electron chi connectivity index (χ3n) is 4.36. The molecule has 1 aromatic rings. The highest BCUT2D eigenvalue weighted by atomic mass is 35.5. The van der Waals surface area contributed by atoms with Crippen molar-refractivity contribution in [3.8, 4) is 0 Å². The van der Waals surface area contributed by atoms with Crippen molar-refractivity contribution < 1.29 is 14.7 Å². The van der Waals surface area contributed by atoms with Crippen LogP contribution in [0, 0.1) is 5.92 Å². The molecule has 1 aliphatic rings. The predicted molar refractivity (Wildman–Crippen MR) is 86.0 cm³/mol. The molecule has 1 fully saturated rings. The number of carbonyl (C=O) groups is 2. The zero-order valence-corrected chi connectivity index (χ0v) is 13.6. The van der Waals surface area contributed by atoms with E-state index in [0.29, 0.717) is 23.0 Å². The normalized spacial score (nSPS) is 21.7. The van der Waals surface area contributed by atoms with Gasteiger partial charge in [-0.05, 0) is 43.0 Å². The van der Waals surface area contributed by atoms with E-state index in [1.165, 1.54) is 0 Å². The molecule has 0 saturated carbocycles. The summed E-state index contributed by atoms with van der Waals surface area (Å²) < 4.78 is 0. The molecule has 2 atom stereocenters. The van der Waals surface area contributed by atoms with Crippen molar-refractivity contribution >= 4 is 23.3 Å². The molecule has 0 aliphatic carbocycles. The molecule has 0 aromatic heterocycles. The molecule has 1 aromatic carbocycles. The second kappa shape index (κ2) is 7.75. The molecule has 2 unspecified atom stereocenters. The van der Waals surface area contributed by atoms with Gasteiger partial charge in [-0.2, -0.15) is 0 Å². The summed E-state index contributed by atoms with van der Waals surface area (Å²) in [5.41, 5.74) is 0.572. The van der Waals surface area contributed by atoms with Gasteiger partial charge in [-0.15, -0.1) is 0 Å². The Labute approximate surface area is 136 Å². The molecule has 0 spiro atoms. The molecule has 1 saturated heterocycles. The van der Waals surface area contributed by atoms with Crippen molar-refractivity contribution in [1.29, 1.82) is 0 Å². The first-order chi connectivity index (χ1) is 10.5. The van der Waals surface area contributed by atoms with Crippen LogP contribution in [-0.4, -0.2) is 40.9 Å². The molecule has 1 N–H and O–H groups in total. The number of hydrogen-bond acceptors (Lipinski definition) is 3. The molecule has 5 heteroatoms. The van der Waals surface area contributed by atoms with Gasteiger partial charge in [0.1, 0.15) is 0 Å². The fourth-order valence-electron chi connectivity index (χ4n) is 2.98. The van der Waals surface area contributed by atoms with E-state index >= 15 is 0 Å². The zero-order chi connectivity index (χ0) is 16.1. The minimum Gasteiger partial charge on any atom is -0.394 e. The first-order valence-electron chi connectivity index (χ1n) is 7.72. The van der Waals surface area contributed by atoms with Gasteiger partial charge >= 0.3 is 0 Å². The van der Waals surface area contributed by atoms with E-state index in [-0.39, 0.29) is 37.2 Å². The lowest BCUT2D eigenvalue weighted by Crippen LogP contribution is -2.49. The highest BCUT2D eigenvalue weighted by molar-refractivity contribution is 6.30. The summed E-state index contributed by atoms with van der Waals surface area (Å²) in [4.78, 5) is 26.2. The van der Waals surface area contributed by atoms with Crippen LogP contribution < -0.4 is 0 Å². The maximum absolute atomic E-state index is 12.3. The van der Waals surface area contributed by atoms with Crippen molar-refractivity contribution in [3.05, 3.63) is 34.9 Å². The number of benzene rings is 1. The van der Waals surface area contributed by atoms with Crippen molar-refractivity contribution in [2.75, 3.05) is 13.2 Å². The Morgan fingerprint density at radius 1 is 1.27 bits per heavy atom. The summed E-state index contributed by atoms with van der Waals surface area (Å²) >= 11 is 5.80. The van der Waals surface area contributed by atoms with Crippen LogP contribution in [0.5, 0.6) is 0 Å². The summed E-state index contributed by atoms with van der Waals surface area (Å²) in [6.45, 7) is 2.71. The second-order valence-corrected chi connectivity index (χ2v) is 6.32. The number of amides is 1. The maximum atomic E-state index is 12.3. The van der Waals surface area contributed by atoms with E-state index < -0.39 is 0 Å². The van der Waals surface area contributed by atoms with Gasteiger partial charge in [-0.25, -0.2) is 0 Å². The summed E-state index contributed by atoms with van der Waals surface area (Å²) in [6, 6.07) is 6.57. The Bertz CT molecular complexity index is 529. The predicted octanol–water partition coefficient (Wildman–Crippen LogP) is 2.92. The molecule has 120 valence electrons. The topological polar surface area (TPSA) is 57.6 Å². The molecular formula is C17H22ClNO3. The Morgan fingerprint density at radius 3 is 2.59 bits per heavy atom. The molecule has 2 rings (SSSR count). The van der Waals surface area contributed by atoms with Gasteiger partial charge in [-0.1, -0.05) is 18.5 Å². The monoisotopic (exact) mass is 323 g/mol. The van der Waals surface area contributed by atoms with Crippen molar-refractivity contribution in [3.63, 3.8) is 0 Å². The van der Waals surface area contributed by atoms with Crippen LogP contribution in [0.4, 0.5) is 0 Å². The van der Waals surface area contributed by atoms with Gasteiger partial charge in [-0.3, -0.25) is 9.59 Å². The Kier molecular flexibility index (Phi) is 5.98. The molecule has 1 aliphatic heterocycles. The van der Waals surface area contributed by atoms with Crippen LogP contribution in [0.25, 0.3) is 0 Å². The Hall–Kier alpha value is -1.39. The number of hydrogen-bond donors (Lipinski definition) is 1. The average Bonchev–Trinajstić information content (AvgIpc) is 2.52. The van der Waals surface area contributed by atoms with Crippen LogP contribution in [0.15, 0.2) is 24.3 Å². The standard InChI is InChI=1S/C17H22ClNO3/c1-12-3-2-10-19(15(12)11-20)17(22)9-8-16(21)13-4-6-14(18)7-5-13/h4-7,12,15,20H,2-3,8-11H2,1H3. The van der Waals surface area contributed by atoms with Crippen LogP contribution in [0.3, 0.4) is 0 Å². The maximum Gasteiger partial charge on any atom is 0.223 e. The quantitative estimate of drug-likeness (QED) is 0.848. The second-order valence-electron chi connectivity index (χ2n) is 5.89. The Morgan fingerprint density at radius 2 is 1.95 bits per heavy atom. The van der Waals surface area contributed by atoms with E-state index in [2.05, 4.69) is 6.92 Å². The number of rotatable bonds is 5. The number of Topliss-reactive ketones (excluding diaryl/α,β-unsaturated/α-hetero) is 1. The summed E-state index contributed by atoms with van der Waals surface area (Å²) in [5, 5.41) is 10.1. The number of aliphatic hydroxyl groups is 1. The van der Waals surface area contributed by atoms with E-state index in [1.807, 2.05) is 0 Å². The van der Waals surface area contributed by atoms with E-state index in [0.717, 1.165) is 12.8 Å². The number of halogens is 1. The molecule has 22 heavy (non-hydrogen) atoms. The number of carbonyl (C=O) groups excluding carboxylic acids is 2. The molecule has 1 heterocycles. The first kappa shape index (κ1) is 17.0. The molecular weight excluding hydrogens is 302 g/mol. The van der Waals surface area contributed by atoms with Crippen molar-refractivity contribution in [2.45, 2.75) is 38.6 Å². The molecule has 0 bridgehead atoms. The summed E-state index contributed by atoms with van der Waals surface area (Å²) in [5.74, 6) is 0.193. The minimum atomic E-state index is -0.119. The lowest BCUT2D eigenvalue weighted by atomic mass is 9.91. The van der Waals surface area contributed by atoms with Gasteiger partial charge < -0.3 is 10.0 Å². The number of piperidine rings is 1. The van der Waals surface area contributed by atoms with Crippen LogP contribution >= 0.6 is 11.6 Å². The van der Waals surface area contributed by atoms with Crippen LogP contribution in [-0.2, 0) is 4.79 Å². The van der Waals surface area contributed by atoms with E-state index in [9.17, 15) is 14.7 Å². The van der Waals surface area contributed by atoms with Crippen LogP contribution in [0.2, 0.25) is 5.02 Å². The smallest absolute Gasteiger partial charge is 0.223 e. The third kappa shape index (κ3) is 4.08. The molecule has 0 radical (unpaired) electrons. The largest absolute Gasteiger partial charge is 0.394 e. The van der Waals surface area contributed by atoms with Crippen LogP contribution in [0.1, 0.15) is 43.0 Å². The Balaban J connectivity index is 1.91. The van der Waals surface area contributed by atoms with Crippen molar-refractivity contribution in [1.82, 2.24) is 4.90 Å². The van der Waals surface area contributed by atoms with E-state index in [4.69, 9.17) is 11.6 Å². The highest BCUT2D eigenvalue weighted by Gasteiger charge is 2.31. The van der Waals surface area contributed by atoms with Gasteiger partial charge in [0.2, 0.25) is 5.91 Å². The SMILES string of the molecule is CC1CCCN(C(=O)CCC(=O)c2ccc(Cl)cc2)C1CO. The van der Waals surface area contributed by atoms with Gasteiger partial charge in [0.05, 0.1) is 12.6 Å². The number of ketones is 1. The fraction of sp³-hybridized carbons (Fsp3) is 0.529. The third-order valence-corrected chi connectivity index (χ3v) is 4.61. The lowest BCUT2D eigenvalue weighted by molar-refractivity contribution is -0.137. The number of likely N-dealkylation sites (tertiary alicyclic amines) is 1. The minimum absolute atomic E-state index is 0.0158. The first-order valence-corrected chi connectivity index (χ1v) is 8.10. The molecule has 1 amide bonds. The average molecular weight is 324 g/mol. The molecule has 4 nitrogen and oxygen atoms in total. The van der Waals surface area contributed by atoms with Gasteiger partial charge in [0.25, 0.3) is 0 Å². The zero-order valence-electron chi connectivity index (χ0n) is 12.8. The number of aliphatic hydroxyl groups excluding tert-OH is 1. The summed E-state index contributed by atoms with van der Waals surface area (Å²) in [7, 11) is 0. The van der Waals surface area contributed by atoms with Crippen molar-refractivity contribution in [2.24, 2.45) is 5.92 Å². The lowest BCUT2D eigenvalue weighted by Gasteiger charge is -2.39. The summed E-state index contributed by atoms with van der Waals surface area (Å²) in [6.07, 6.45) is 2.35. The number of nitrogens with zero attached hydrogens (tertiary/aromatic N) is 1.